The van der Waals surface area contributed by atoms with Crippen LogP contribution < -0.4 is 10.9 Å². The molecule has 1 N–H and O–H groups in total. The lowest BCUT2D eigenvalue weighted by atomic mass is 10.0. The predicted octanol–water partition coefficient (Wildman–Crippen LogP) is 2.17. The Bertz CT molecular complexity index is 534. The molecule has 2 rings (SSSR count). The Morgan fingerprint density at radius 1 is 1.50 bits per heavy atom. The summed E-state index contributed by atoms with van der Waals surface area (Å²) in [5.41, 5.74) is 0.712. The van der Waals surface area contributed by atoms with Crippen LogP contribution in [0.2, 0.25) is 0 Å². The van der Waals surface area contributed by atoms with E-state index in [4.69, 9.17) is 0 Å². The van der Waals surface area contributed by atoms with Gasteiger partial charge in [-0.15, -0.1) is 0 Å². The Morgan fingerprint density at radius 2 is 2.15 bits per heavy atom. The third kappa shape index (κ3) is 3.61. The highest BCUT2D eigenvalue weighted by Crippen LogP contribution is 2.30. The van der Waals surface area contributed by atoms with Crippen LogP contribution in [-0.4, -0.2) is 40.9 Å². The molecule has 5 nitrogen and oxygen atoms in total. The van der Waals surface area contributed by atoms with Crippen molar-refractivity contribution in [1.29, 1.82) is 0 Å². The Kier molecular flexibility index (Phi) is 4.54. The van der Waals surface area contributed by atoms with E-state index in [1.54, 1.807) is 10.9 Å². The number of rotatable bonds is 6. The molecule has 6 heteroatoms. The van der Waals surface area contributed by atoms with Crippen LogP contribution in [0.3, 0.4) is 0 Å². The summed E-state index contributed by atoms with van der Waals surface area (Å²) in [5.74, 6) is 0.638. The molecule has 1 aromatic heterocycles. The van der Waals surface area contributed by atoms with Crippen molar-refractivity contribution in [1.82, 2.24) is 14.7 Å². The second-order valence-corrected chi connectivity index (χ2v) is 7.16. The minimum absolute atomic E-state index is 0.00230. The van der Waals surface area contributed by atoms with Crippen molar-refractivity contribution in [2.45, 2.75) is 38.8 Å². The number of nitrogens with zero attached hydrogens (tertiary/aromatic N) is 3. The summed E-state index contributed by atoms with van der Waals surface area (Å²) in [6.07, 6.45) is 4.16. The van der Waals surface area contributed by atoms with E-state index in [1.807, 2.05) is 14.1 Å². The minimum atomic E-state index is -0.0513. The first-order valence-electron chi connectivity index (χ1n) is 6.98. The molecule has 112 valence electrons. The standard InChI is InChI=1S/C14H23BrN4O/c1-14(2,18(3)4)9-16-11-7-17-19(8-10-5-6-10)13(20)12(11)15/h7,10,16H,5-6,8-9H2,1-4H3. The van der Waals surface area contributed by atoms with Gasteiger partial charge in [0.2, 0.25) is 0 Å². The highest BCUT2D eigenvalue weighted by molar-refractivity contribution is 9.10. The smallest absolute Gasteiger partial charge is 0.283 e. The molecule has 1 fully saturated rings. The normalized spacial score (nSPS) is 15.7. The van der Waals surface area contributed by atoms with Gasteiger partial charge in [0.15, 0.2) is 0 Å². The minimum Gasteiger partial charge on any atom is -0.381 e. The van der Waals surface area contributed by atoms with Crippen molar-refractivity contribution in [2.75, 3.05) is 26.0 Å². The van der Waals surface area contributed by atoms with Crippen LogP contribution in [0.4, 0.5) is 5.69 Å². The third-order valence-corrected chi connectivity index (χ3v) is 4.80. The molecule has 0 aromatic carbocycles. The van der Waals surface area contributed by atoms with Gasteiger partial charge in [0, 0.05) is 18.6 Å². The van der Waals surface area contributed by atoms with Gasteiger partial charge in [0.05, 0.1) is 11.9 Å². The van der Waals surface area contributed by atoms with Gasteiger partial charge in [-0.25, -0.2) is 4.68 Å². The van der Waals surface area contributed by atoms with Crippen molar-refractivity contribution < 1.29 is 0 Å². The molecule has 1 aliphatic carbocycles. The van der Waals surface area contributed by atoms with E-state index in [2.05, 4.69) is 45.1 Å². The van der Waals surface area contributed by atoms with Crippen LogP contribution >= 0.6 is 15.9 Å². The third-order valence-electron chi connectivity index (χ3n) is 4.04. The van der Waals surface area contributed by atoms with E-state index >= 15 is 0 Å². The molecule has 0 aliphatic heterocycles. The summed E-state index contributed by atoms with van der Waals surface area (Å²) in [6, 6.07) is 0. The van der Waals surface area contributed by atoms with E-state index in [1.165, 1.54) is 12.8 Å². The van der Waals surface area contributed by atoms with Crippen molar-refractivity contribution in [3.05, 3.63) is 21.0 Å². The van der Waals surface area contributed by atoms with Crippen LogP contribution in [0, 0.1) is 5.92 Å². The second kappa shape index (κ2) is 5.85. The van der Waals surface area contributed by atoms with Crippen molar-refractivity contribution >= 4 is 21.6 Å². The number of aromatic nitrogens is 2. The first-order chi connectivity index (χ1) is 9.31. The van der Waals surface area contributed by atoms with Crippen LogP contribution in [0.15, 0.2) is 15.5 Å². The SMILES string of the molecule is CN(C)C(C)(C)CNc1cnn(CC2CC2)c(=O)c1Br. The number of halogens is 1. The molecule has 1 heterocycles. The van der Waals surface area contributed by atoms with Crippen LogP contribution in [0.5, 0.6) is 0 Å². The lowest BCUT2D eigenvalue weighted by Gasteiger charge is -2.33. The highest BCUT2D eigenvalue weighted by atomic mass is 79.9. The van der Waals surface area contributed by atoms with Crippen molar-refractivity contribution in [2.24, 2.45) is 5.92 Å². The number of hydrogen-bond donors (Lipinski definition) is 1. The van der Waals surface area contributed by atoms with E-state index in [0.717, 1.165) is 18.8 Å². The monoisotopic (exact) mass is 342 g/mol. The largest absolute Gasteiger partial charge is 0.381 e. The van der Waals surface area contributed by atoms with Crippen molar-refractivity contribution in [3.63, 3.8) is 0 Å². The second-order valence-electron chi connectivity index (χ2n) is 6.36. The Morgan fingerprint density at radius 3 is 2.70 bits per heavy atom. The fourth-order valence-corrected chi connectivity index (χ4v) is 2.18. The van der Waals surface area contributed by atoms with Gasteiger partial charge in [-0.2, -0.15) is 5.10 Å². The van der Waals surface area contributed by atoms with Gasteiger partial charge in [-0.05, 0) is 62.6 Å². The quantitative estimate of drug-likeness (QED) is 0.860. The molecule has 0 saturated heterocycles. The van der Waals surface area contributed by atoms with Gasteiger partial charge in [0.25, 0.3) is 5.56 Å². The maximum Gasteiger partial charge on any atom is 0.283 e. The van der Waals surface area contributed by atoms with Gasteiger partial charge in [-0.3, -0.25) is 4.79 Å². The topological polar surface area (TPSA) is 50.2 Å². The Hall–Kier alpha value is -0.880. The number of likely N-dealkylation sites (N-methyl/N-ethyl adjacent to an activating group) is 1. The molecular weight excluding hydrogens is 320 g/mol. The van der Waals surface area contributed by atoms with Crippen LogP contribution in [0.25, 0.3) is 0 Å². The summed E-state index contributed by atoms with van der Waals surface area (Å²) < 4.78 is 2.13. The summed E-state index contributed by atoms with van der Waals surface area (Å²) in [7, 11) is 4.09. The first kappa shape index (κ1) is 15.5. The fraction of sp³-hybridized carbons (Fsp3) is 0.714. The molecule has 0 amide bonds. The van der Waals surface area contributed by atoms with E-state index < -0.39 is 0 Å². The lowest BCUT2D eigenvalue weighted by Crippen LogP contribution is -2.44. The number of nitrogens with one attached hydrogen (secondary N) is 1. The van der Waals surface area contributed by atoms with Gasteiger partial charge >= 0.3 is 0 Å². The summed E-state index contributed by atoms with van der Waals surface area (Å²) in [5, 5.41) is 7.57. The van der Waals surface area contributed by atoms with E-state index in [9.17, 15) is 4.79 Å². The molecule has 0 radical (unpaired) electrons. The average Bonchev–Trinajstić information content (AvgIpc) is 3.18. The number of anilines is 1. The first-order valence-corrected chi connectivity index (χ1v) is 7.77. The predicted molar refractivity (Wildman–Crippen MR) is 85.2 cm³/mol. The van der Waals surface area contributed by atoms with E-state index in [0.29, 0.717) is 10.4 Å². The van der Waals surface area contributed by atoms with E-state index in [-0.39, 0.29) is 11.1 Å². The highest BCUT2D eigenvalue weighted by Gasteiger charge is 2.24. The average molecular weight is 343 g/mol. The van der Waals surface area contributed by atoms with Gasteiger partial charge < -0.3 is 10.2 Å². The zero-order chi connectivity index (χ0) is 14.9. The molecule has 0 bridgehead atoms. The Labute approximate surface area is 128 Å². The summed E-state index contributed by atoms with van der Waals surface area (Å²) >= 11 is 3.40. The maximum absolute atomic E-state index is 12.2. The molecule has 0 atom stereocenters. The zero-order valence-electron chi connectivity index (χ0n) is 12.6. The lowest BCUT2D eigenvalue weighted by molar-refractivity contribution is 0.210. The van der Waals surface area contributed by atoms with Crippen molar-refractivity contribution in [3.8, 4) is 0 Å². The van der Waals surface area contributed by atoms with Crippen LogP contribution in [0.1, 0.15) is 26.7 Å². The maximum atomic E-state index is 12.2. The van der Waals surface area contributed by atoms with Gasteiger partial charge in [0.1, 0.15) is 4.47 Å². The number of hydrogen-bond acceptors (Lipinski definition) is 4. The van der Waals surface area contributed by atoms with Crippen LogP contribution in [-0.2, 0) is 6.54 Å². The molecule has 0 spiro atoms. The molecule has 1 aliphatic rings. The molecule has 1 aromatic rings. The fourth-order valence-electron chi connectivity index (χ4n) is 1.73. The van der Waals surface area contributed by atoms with Gasteiger partial charge in [-0.1, -0.05) is 0 Å². The zero-order valence-corrected chi connectivity index (χ0v) is 14.2. The summed E-state index contributed by atoms with van der Waals surface area (Å²) in [6.45, 7) is 5.78. The molecule has 20 heavy (non-hydrogen) atoms. The molecule has 1 saturated carbocycles. The summed E-state index contributed by atoms with van der Waals surface area (Å²) in [4.78, 5) is 14.4. The molecular formula is C14H23BrN4O. The molecule has 0 unspecified atom stereocenters. The Balaban J connectivity index is 2.09.